The van der Waals surface area contributed by atoms with Crippen LogP contribution in [0.4, 0.5) is 0 Å². The van der Waals surface area contributed by atoms with Crippen molar-refractivity contribution in [2.24, 2.45) is 0 Å². The van der Waals surface area contributed by atoms with E-state index in [1.807, 2.05) is 0 Å². The summed E-state index contributed by atoms with van der Waals surface area (Å²) in [4.78, 5) is 6.92. The van der Waals surface area contributed by atoms with Gasteiger partial charge in [0.05, 0.1) is 18.8 Å². The molecule has 2 unspecified atom stereocenters. The number of β-amino-alcohol motifs (C(OH)–C–C–N with tert-alkyl or cyclic N) is 1. The molecule has 20 heavy (non-hydrogen) atoms. The molecule has 0 aromatic carbocycles. The third-order valence-electron chi connectivity index (χ3n) is 4.54. The lowest BCUT2D eigenvalue weighted by Gasteiger charge is -2.33. The lowest BCUT2D eigenvalue weighted by Crippen LogP contribution is -2.42. The Hall–Kier alpha value is -1.02. The fraction of sp³-hybridized carbons (Fsp3) is 0.846. The fourth-order valence-corrected chi connectivity index (χ4v) is 3.40. The Kier molecular flexibility index (Phi) is 3.22. The zero-order valence-corrected chi connectivity index (χ0v) is 11.4. The van der Waals surface area contributed by atoms with Gasteiger partial charge >= 0.3 is 0 Å². The number of nitrogens with one attached hydrogen (secondary N) is 1. The number of nitrogens with zero attached hydrogens (tertiary/aromatic N) is 3. The molecule has 0 saturated carbocycles. The number of aliphatic hydroxyl groups is 1. The fourth-order valence-electron chi connectivity index (χ4n) is 3.40. The van der Waals surface area contributed by atoms with Crippen LogP contribution in [-0.2, 0) is 4.74 Å². The number of rotatable bonds is 2. The predicted octanol–water partition coefficient (Wildman–Crippen LogP) is 0.000600. The predicted molar refractivity (Wildman–Crippen MR) is 69.0 cm³/mol. The highest BCUT2D eigenvalue weighted by Gasteiger charge is 2.36. The molecule has 3 aliphatic rings. The normalized spacial score (nSPS) is 38.2. The van der Waals surface area contributed by atoms with Gasteiger partial charge < -0.3 is 19.7 Å². The lowest BCUT2D eigenvalue weighted by atomic mass is 10.2. The maximum Gasteiger partial charge on any atom is 0.243 e. The molecule has 4 atom stereocenters. The van der Waals surface area contributed by atoms with Crippen LogP contribution in [0, 0.1) is 0 Å². The molecule has 0 spiro atoms. The molecular weight excluding hydrogens is 260 g/mol. The van der Waals surface area contributed by atoms with Crippen LogP contribution in [0.2, 0.25) is 0 Å². The Morgan fingerprint density at radius 3 is 3.20 bits per heavy atom. The largest absolute Gasteiger partial charge is 0.392 e. The second-order valence-electron chi connectivity index (χ2n) is 5.95. The average molecular weight is 280 g/mol. The summed E-state index contributed by atoms with van der Waals surface area (Å²) in [7, 11) is 0. The molecule has 4 heterocycles. The van der Waals surface area contributed by atoms with Crippen LogP contribution in [0.25, 0.3) is 0 Å². The standard InChI is InChI=1S/C13H20N4O3/c18-9-4-10(14-5-9)13-15-12(16-20-13)11-6-17-3-1-2-8(17)7-19-11/h8-11,14,18H,1-7H2/t8?,9-,10-,11?/m0/s1. The Labute approximate surface area is 117 Å². The summed E-state index contributed by atoms with van der Waals surface area (Å²) in [6, 6.07) is 0.540. The minimum absolute atomic E-state index is 0.0330. The first-order chi connectivity index (χ1) is 9.79. The molecule has 0 aliphatic carbocycles. The highest BCUT2D eigenvalue weighted by atomic mass is 16.5. The summed E-state index contributed by atoms with van der Waals surface area (Å²) in [5.41, 5.74) is 0. The number of aliphatic hydroxyl groups excluding tert-OH is 1. The highest BCUT2D eigenvalue weighted by Crippen LogP contribution is 2.30. The van der Waals surface area contributed by atoms with Crippen LogP contribution in [0.5, 0.6) is 0 Å². The molecule has 0 bridgehead atoms. The van der Waals surface area contributed by atoms with E-state index in [-0.39, 0.29) is 18.2 Å². The topological polar surface area (TPSA) is 83.7 Å². The van der Waals surface area contributed by atoms with Gasteiger partial charge in [-0.25, -0.2) is 0 Å². The van der Waals surface area contributed by atoms with E-state index in [9.17, 15) is 5.11 Å². The van der Waals surface area contributed by atoms with E-state index in [2.05, 4.69) is 20.4 Å². The van der Waals surface area contributed by atoms with Gasteiger partial charge in [-0.1, -0.05) is 5.16 Å². The molecule has 110 valence electrons. The van der Waals surface area contributed by atoms with Gasteiger partial charge in [-0.2, -0.15) is 4.98 Å². The van der Waals surface area contributed by atoms with Gasteiger partial charge in [-0.15, -0.1) is 0 Å². The molecule has 7 heteroatoms. The van der Waals surface area contributed by atoms with E-state index < -0.39 is 0 Å². The number of ether oxygens (including phenoxy) is 1. The summed E-state index contributed by atoms with van der Waals surface area (Å²) in [5, 5.41) is 16.8. The molecule has 4 rings (SSSR count). The van der Waals surface area contributed by atoms with Crippen LogP contribution in [0.1, 0.15) is 43.1 Å². The van der Waals surface area contributed by atoms with Crippen molar-refractivity contribution in [3.63, 3.8) is 0 Å². The number of aromatic nitrogens is 2. The summed E-state index contributed by atoms with van der Waals surface area (Å²) in [5.74, 6) is 1.19. The molecule has 0 amide bonds. The minimum atomic E-state index is -0.327. The number of hydrogen-bond acceptors (Lipinski definition) is 7. The average Bonchev–Trinajstić information content (AvgIpc) is 3.17. The SMILES string of the molecule is O[C@@H]1CN[C@H](c2nc(C3CN4CCCC4CO3)no2)C1. The van der Waals surface area contributed by atoms with E-state index in [0.29, 0.717) is 30.7 Å². The molecule has 0 radical (unpaired) electrons. The molecule has 7 nitrogen and oxygen atoms in total. The first-order valence-corrected chi connectivity index (χ1v) is 7.40. The van der Waals surface area contributed by atoms with Crippen molar-refractivity contribution in [3.05, 3.63) is 11.7 Å². The van der Waals surface area contributed by atoms with Crippen molar-refractivity contribution >= 4 is 0 Å². The molecule has 1 aromatic rings. The third kappa shape index (κ3) is 2.24. The van der Waals surface area contributed by atoms with Crippen molar-refractivity contribution in [1.29, 1.82) is 0 Å². The summed E-state index contributed by atoms with van der Waals surface area (Å²) in [6.07, 6.45) is 2.69. The van der Waals surface area contributed by atoms with Crippen molar-refractivity contribution in [1.82, 2.24) is 20.4 Å². The Morgan fingerprint density at radius 1 is 1.40 bits per heavy atom. The zero-order valence-electron chi connectivity index (χ0n) is 11.4. The molecule has 3 fully saturated rings. The summed E-state index contributed by atoms with van der Waals surface area (Å²) in [6.45, 7) is 3.34. The minimum Gasteiger partial charge on any atom is -0.392 e. The molecule has 1 aromatic heterocycles. The number of hydrogen-bond donors (Lipinski definition) is 2. The lowest BCUT2D eigenvalue weighted by molar-refractivity contribution is -0.0548. The molecule has 2 N–H and O–H groups in total. The Morgan fingerprint density at radius 2 is 2.35 bits per heavy atom. The van der Waals surface area contributed by atoms with Crippen LogP contribution >= 0.6 is 0 Å². The van der Waals surface area contributed by atoms with E-state index in [0.717, 1.165) is 19.7 Å². The Bertz CT molecular complexity index is 480. The second kappa shape index (κ2) is 5.07. The number of fused-ring (bicyclic) bond motifs is 1. The van der Waals surface area contributed by atoms with Crippen molar-refractivity contribution in [2.45, 2.75) is 43.6 Å². The maximum absolute atomic E-state index is 9.54. The van der Waals surface area contributed by atoms with Crippen LogP contribution in [0.15, 0.2) is 4.52 Å². The maximum atomic E-state index is 9.54. The van der Waals surface area contributed by atoms with Gasteiger partial charge in [-0.3, -0.25) is 4.90 Å². The van der Waals surface area contributed by atoms with Crippen molar-refractivity contribution in [3.8, 4) is 0 Å². The van der Waals surface area contributed by atoms with Gasteiger partial charge in [0.25, 0.3) is 0 Å². The van der Waals surface area contributed by atoms with Gasteiger partial charge in [-0.05, 0) is 25.8 Å². The summed E-state index contributed by atoms with van der Waals surface area (Å²) >= 11 is 0. The van der Waals surface area contributed by atoms with Gasteiger partial charge in [0.15, 0.2) is 0 Å². The van der Waals surface area contributed by atoms with E-state index in [4.69, 9.17) is 9.26 Å². The first kappa shape index (κ1) is 12.7. The second-order valence-corrected chi connectivity index (χ2v) is 5.95. The summed E-state index contributed by atoms with van der Waals surface area (Å²) < 4.78 is 11.2. The van der Waals surface area contributed by atoms with Crippen molar-refractivity contribution in [2.75, 3.05) is 26.2 Å². The van der Waals surface area contributed by atoms with Crippen molar-refractivity contribution < 1.29 is 14.4 Å². The molecule has 3 aliphatic heterocycles. The van der Waals surface area contributed by atoms with Gasteiger partial charge in [0.1, 0.15) is 6.10 Å². The Balaban J connectivity index is 1.45. The molecule has 3 saturated heterocycles. The number of morpholine rings is 1. The monoisotopic (exact) mass is 280 g/mol. The quantitative estimate of drug-likeness (QED) is 0.789. The molecular formula is C13H20N4O3. The van der Waals surface area contributed by atoms with Crippen LogP contribution < -0.4 is 5.32 Å². The van der Waals surface area contributed by atoms with E-state index in [1.54, 1.807) is 0 Å². The van der Waals surface area contributed by atoms with E-state index >= 15 is 0 Å². The van der Waals surface area contributed by atoms with Gasteiger partial charge in [0, 0.05) is 19.1 Å². The van der Waals surface area contributed by atoms with Crippen LogP contribution in [-0.4, -0.2) is 58.5 Å². The third-order valence-corrected chi connectivity index (χ3v) is 4.54. The van der Waals surface area contributed by atoms with Crippen LogP contribution in [0.3, 0.4) is 0 Å². The first-order valence-electron chi connectivity index (χ1n) is 7.40. The highest BCUT2D eigenvalue weighted by molar-refractivity contribution is 5.01. The van der Waals surface area contributed by atoms with E-state index in [1.165, 1.54) is 12.8 Å². The van der Waals surface area contributed by atoms with Gasteiger partial charge in [0.2, 0.25) is 11.7 Å². The zero-order chi connectivity index (χ0) is 13.5. The smallest absolute Gasteiger partial charge is 0.243 e.